The fraction of sp³-hybridized carbons (Fsp3) is 0.111. The summed E-state index contributed by atoms with van der Waals surface area (Å²) in [6.07, 6.45) is 9.52. The maximum atomic E-state index is 12.7. The van der Waals surface area contributed by atoms with E-state index >= 15 is 0 Å². The normalized spacial score (nSPS) is 10.8. The number of halogens is 1. The summed E-state index contributed by atoms with van der Waals surface area (Å²) in [7, 11) is 0. The van der Waals surface area contributed by atoms with E-state index in [0.717, 1.165) is 11.3 Å². The van der Waals surface area contributed by atoms with E-state index in [0.29, 0.717) is 27.8 Å². The lowest BCUT2D eigenvalue weighted by Gasteiger charge is -2.08. The molecule has 140 valence electrons. The smallest absolute Gasteiger partial charge is 0.259 e. The molecule has 0 spiro atoms. The van der Waals surface area contributed by atoms with Crippen molar-refractivity contribution in [2.45, 2.75) is 13.8 Å². The summed E-state index contributed by atoms with van der Waals surface area (Å²) >= 11 is 6.24. The number of nitrogens with zero attached hydrogens (tertiary/aromatic N) is 7. The van der Waals surface area contributed by atoms with Gasteiger partial charge in [-0.3, -0.25) is 9.78 Å². The van der Waals surface area contributed by atoms with Crippen LogP contribution in [-0.4, -0.2) is 40.6 Å². The number of carbonyl (C=O) groups is 1. The third kappa shape index (κ3) is 3.35. The number of nitrogens with one attached hydrogen (secondary N) is 1. The molecular weight excluding hydrogens is 380 g/mol. The highest BCUT2D eigenvalue weighted by Crippen LogP contribution is 2.22. The molecule has 0 bridgehead atoms. The van der Waals surface area contributed by atoms with Gasteiger partial charge < -0.3 is 5.32 Å². The van der Waals surface area contributed by atoms with E-state index in [1.165, 1.54) is 29.6 Å². The Bertz CT molecular complexity index is 1150. The lowest BCUT2D eigenvalue weighted by molar-refractivity contribution is 0.102. The number of aryl methyl sites for hydroxylation is 1. The average Bonchev–Trinajstić information content (AvgIpc) is 3.31. The summed E-state index contributed by atoms with van der Waals surface area (Å²) in [5.41, 5.74) is 3.38. The molecule has 4 aromatic heterocycles. The topological polar surface area (TPSA) is 103 Å². The van der Waals surface area contributed by atoms with Crippen LogP contribution in [0.5, 0.6) is 0 Å². The van der Waals surface area contributed by atoms with Crippen molar-refractivity contribution in [2.24, 2.45) is 0 Å². The van der Waals surface area contributed by atoms with Crippen molar-refractivity contribution in [3.63, 3.8) is 0 Å². The van der Waals surface area contributed by atoms with Crippen LogP contribution in [0.4, 0.5) is 5.69 Å². The quantitative estimate of drug-likeness (QED) is 0.570. The largest absolute Gasteiger partial charge is 0.320 e. The Kier molecular flexibility index (Phi) is 4.58. The molecule has 4 rings (SSSR count). The summed E-state index contributed by atoms with van der Waals surface area (Å²) < 4.78 is 1.67. The number of amides is 1. The van der Waals surface area contributed by atoms with E-state index < -0.39 is 0 Å². The van der Waals surface area contributed by atoms with Crippen molar-refractivity contribution in [2.75, 3.05) is 5.32 Å². The van der Waals surface area contributed by atoms with E-state index in [4.69, 9.17) is 11.6 Å². The summed E-state index contributed by atoms with van der Waals surface area (Å²) in [6, 6.07) is 3.54. The SMILES string of the molecule is Cc1cncc(-n2ncc(C(=O)Nc3cnc(-n4nccn4)c(Cl)c3)c2C)c1. The molecule has 1 N–H and O–H groups in total. The molecule has 9 nitrogen and oxygen atoms in total. The second kappa shape index (κ2) is 7.20. The molecule has 0 fully saturated rings. The Morgan fingerprint density at radius 1 is 1.04 bits per heavy atom. The monoisotopic (exact) mass is 394 g/mol. The number of hydrogen-bond acceptors (Lipinski definition) is 6. The predicted molar refractivity (Wildman–Crippen MR) is 103 cm³/mol. The number of rotatable bonds is 4. The fourth-order valence-electron chi connectivity index (χ4n) is 2.72. The Morgan fingerprint density at radius 3 is 2.54 bits per heavy atom. The van der Waals surface area contributed by atoms with Gasteiger partial charge >= 0.3 is 0 Å². The summed E-state index contributed by atoms with van der Waals surface area (Å²) in [6.45, 7) is 3.77. The van der Waals surface area contributed by atoms with Crippen LogP contribution in [0.25, 0.3) is 11.5 Å². The second-order valence-corrected chi connectivity index (χ2v) is 6.49. The molecule has 0 aliphatic rings. The lowest BCUT2D eigenvalue weighted by atomic mass is 10.2. The highest BCUT2D eigenvalue weighted by Gasteiger charge is 2.17. The number of anilines is 1. The first-order valence-electron chi connectivity index (χ1n) is 8.33. The van der Waals surface area contributed by atoms with Crippen LogP contribution in [0.3, 0.4) is 0 Å². The van der Waals surface area contributed by atoms with E-state index in [-0.39, 0.29) is 5.91 Å². The van der Waals surface area contributed by atoms with Crippen LogP contribution >= 0.6 is 11.6 Å². The zero-order chi connectivity index (χ0) is 19.7. The molecule has 0 saturated carbocycles. The molecule has 4 heterocycles. The van der Waals surface area contributed by atoms with Crippen LogP contribution < -0.4 is 5.32 Å². The van der Waals surface area contributed by atoms with E-state index in [2.05, 4.69) is 30.6 Å². The lowest BCUT2D eigenvalue weighted by Crippen LogP contribution is -2.14. The Labute approximate surface area is 165 Å². The third-order valence-corrected chi connectivity index (χ3v) is 4.33. The Morgan fingerprint density at radius 2 is 1.82 bits per heavy atom. The van der Waals surface area contributed by atoms with Crippen molar-refractivity contribution in [1.82, 2.24) is 34.7 Å². The molecule has 0 atom stereocenters. The number of aromatic nitrogens is 7. The first kappa shape index (κ1) is 17.8. The second-order valence-electron chi connectivity index (χ2n) is 6.08. The standard InChI is InChI=1S/C18H15ClN8O/c1-11-5-14(9-20-7-11)26-12(2)15(10-24-26)18(28)25-13-6-16(19)17(21-8-13)27-22-3-4-23-27/h3-10H,1-2H3,(H,25,28). The molecule has 0 radical (unpaired) electrons. The van der Waals surface area contributed by atoms with Crippen molar-refractivity contribution in [3.05, 3.63) is 71.2 Å². The van der Waals surface area contributed by atoms with Crippen molar-refractivity contribution in [1.29, 1.82) is 0 Å². The molecule has 0 aliphatic carbocycles. The molecule has 10 heteroatoms. The van der Waals surface area contributed by atoms with Gasteiger partial charge in [0.25, 0.3) is 5.91 Å². The van der Waals surface area contributed by atoms with Gasteiger partial charge in [0.1, 0.15) is 0 Å². The zero-order valence-corrected chi connectivity index (χ0v) is 15.8. The van der Waals surface area contributed by atoms with Gasteiger partial charge in [-0.2, -0.15) is 15.3 Å². The van der Waals surface area contributed by atoms with Crippen molar-refractivity contribution in [3.8, 4) is 11.5 Å². The Balaban J connectivity index is 1.57. The van der Waals surface area contributed by atoms with Gasteiger partial charge in [-0.1, -0.05) is 11.6 Å². The fourth-order valence-corrected chi connectivity index (χ4v) is 2.96. The average molecular weight is 395 g/mol. The van der Waals surface area contributed by atoms with Gasteiger partial charge in [-0.15, -0.1) is 4.80 Å². The molecule has 28 heavy (non-hydrogen) atoms. The summed E-state index contributed by atoms with van der Waals surface area (Å²) in [4.78, 5) is 22.4. The van der Waals surface area contributed by atoms with Crippen molar-refractivity contribution < 1.29 is 4.79 Å². The number of pyridine rings is 2. The Hall–Kier alpha value is -3.59. The molecule has 0 aliphatic heterocycles. The van der Waals surface area contributed by atoms with Crippen LogP contribution in [0.15, 0.2) is 49.3 Å². The minimum absolute atomic E-state index is 0.312. The minimum Gasteiger partial charge on any atom is -0.320 e. The summed E-state index contributed by atoms with van der Waals surface area (Å²) in [5, 5.41) is 15.4. The van der Waals surface area contributed by atoms with Gasteiger partial charge in [-0.25, -0.2) is 9.67 Å². The highest BCUT2D eigenvalue weighted by molar-refractivity contribution is 6.32. The van der Waals surface area contributed by atoms with Gasteiger partial charge in [0, 0.05) is 6.20 Å². The first-order valence-corrected chi connectivity index (χ1v) is 8.71. The maximum Gasteiger partial charge on any atom is 0.259 e. The third-order valence-electron chi connectivity index (χ3n) is 4.05. The molecule has 0 unspecified atom stereocenters. The predicted octanol–water partition coefficient (Wildman–Crippen LogP) is 2.77. The minimum atomic E-state index is -0.313. The number of carbonyl (C=O) groups excluding carboxylic acids is 1. The molecule has 1 amide bonds. The van der Waals surface area contributed by atoms with Crippen LogP contribution in [0.1, 0.15) is 21.6 Å². The van der Waals surface area contributed by atoms with Gasteiger partial charge in [0.2, 0.25) is 0 Å². The van der Waals surface area contributed by atoms with Crippen LogP contribution in [0, 0.1) is 13.8 Å². The maximum absolute atomic E-state index is 12.7. The van der Waals surface area contributed by atoms with Crippen molar-refractivity contribution >= 4 is 23.2 Å². The van der Waals surface area contributed by atoms with E-state index in [1.807, 2.05) is 19.9 Å². The zero-order valence-electron chi connectivity index (χ0n) is 15.0. The van der Waals surface area contributed by atoms with E-state index in [9.17, 15) is 4.79 Å². The van der Waals surface area contributed by atoms with Gasteiger partial charge in [0.15, 0.2) is 5.82 Å². The molecule has 0 aromatic carbocycles. The first-order chi connectivity index (χ1) is 13.5. The number of hydrogen-bond donors (Lipinski definition) is 1. The van der Waals surface area contributed by atoms with Gasteiger partial charge in [-0.05, 0) is 31.5 Å². The van der Waals surface area contributed by atoms with Crippen LogP contribution in [-0.2, 0) is 0 Å². The molecular formula is C18H15ClN8O. The van der Waals surface area contributed by atoms with E-state index in [1.54, 1.807) is 23.1 Å². The summed E-state index contributed by atoms with van der Waals surface area (Å²) in [5.74, 6) is 0.0628. The highest BCUT2D eigenvalue weighted by atomic mass is 35.5. The molecule has 4 aromatic rings. The van der Waals surface area contributed by atoms with Gasteiger partial charge in [0.05, 0.1) is 58.6 Å². The van der Waals surface area contributed by atoms with Crippen LogP contribution in [0.2, 0.25) is 5.02 Å². The molecule has 0 saturated heterocycles.